The molecule has 152 valence electrons. The third-order valence-electron chi connectivity index (χ3n) is 3.70. The lowest BCUT2D eigenvalue weighted by atomic mass is 10.2. The van der Waals surface area contributed by atoms with E-state index in [1.54, 1.807) is 48.5 Å². The van der Waals surface area contributed by atoms with E-state index in [0.29, 0.717) is 17.1 Å². The lowest BCUT2D eigenvalue weighted by molar-refractivity contribution is -0.137. The Balaban J connectivity index is 1.87. The van der Waals surface area contributed by atoms with Gasteiger partial charge in [-0.3, -0.25) is 0 Å². The molecule has 0 radical (unpaired) electrons. The van der Waals surface area contributed by atoms with E-state index in [-0.39, 0.29) is 17.1 Å². The maximum atomic E-state index is 13.4. The number of alkyl halides is 3. The number of ether oxygens (including phenoxy) is 1. The van der Waals surface area contributed by atoms with Gasteiger partial charge in [-0.05, 0) is 50.2 Å². The summed E-state index contributed by atoms with van der Waals surface area (Å²) in [5.41, 5.74) is -0.0901. The molecule has 0 saturated heterocycles. The minimum absolute atomic E-state index is 0.00471. The van der Waals surface area contributed by atoms with Crippen LogP contribution >= 0.6 is 11.6 Å². The van der Waals surface area contributed by atoms with Crippen LogP contribution in [-0.2, 0) is 6.18 Å². The SMILES string of the molecule is CC(C)Oc1ccc(Nc2ncc(C(F)(F)F)c(Nc3ccccc3Cl)n2)cc1. The lowest BCUT2D eigenvalue weighted by Gasteiger charge is -2.15. The fourth-order valence-corrected chi connectivity index (χ4v) is 2.64. The molecule has 9 heteroatoms. The fraction of sp³-hybridized carbons (Fsp3) is 0.200. The van der Waals surface area contributed by atoms with Crippen LogP contribution in [0.3, 0.4) is 0 Å². The quantitative estimate of drug-likeness (QED) is 0.479. The summed E-state index contributed by atoms with van der Waals surface area (Å²) in [6.45, 7) is 3.82. The summed E-state index contributed by atoms with van der Waals surface area (Å²) in [4.78, 5) is 7.79. The molecule has 0 aliphatic carbocycles. The standard InChI is InChI=1S/C20H18ClF3N4O/c1-12(2)29-14-9-7-13(8-10-14)26-19-25-11-15(20(22,23)24)18(28-19)27-17-6-4-3-5-16(17)21/h3-12H,1-2H3,(H2,25,26,27,28). The van der Waals surface area contributed by atoms with Crippen molar-refractivity contribution in [1.82, 2.24) is 9.97 Å². The van der Waals surface area contributed by atoms with Crippen LogP contribution in [0.5, 0.6) is 5.75 Å². The van der Waals surface area contributed by atoms with E-state index in [4.69, 9.17) is 16.3 Å². The number of nitrogens with one attached hydrogen (secondary N) is 2. The van der Waals surface area contributed by atoms with Crippen LogP contribution in [0.4, 0.5) is 36.3 Å². The van der Waals surface area contributed by atoms with Crippen molar-refractivity contribution in [3.05, 3.63) is 65.3 Å². The summed E-state index contributed by atoms with van der Waals surface area (Å²) in [6, 6.07) is 13.4. The monoisotopic (exact) mass is 422 g/mol. The Labute approximate surface area is 170 Å². The number of halogens is 4. The van der Waals surface area contributed by atoms with Gasteiger partial charge < -0.3 is 15.4 Å². The van der Waals surface area contributed by atoms with E-state index in [1.165, 1.54) is 0 Å². The second-order valence-electron chi connectivity index (χ2n) is 6.37. The molecule has 0 aliphatic rings. The second-order valence-corrected chi connectivity index (χ2v) is 6.78. The highest BCUT2D eigenvalue weighted by Gasteiger charge is 2.35. The zero-order valence-corrected chi connectivity index (χ0v) is 16.3. The molecule has 2 N–H and O–H groups in total. The molecule has 0 saturated carbocycles. The number of hydrogen-bond donors (Lipinski definition) is 2. The number of nitrogens with zero attached hydrogens (tertiary/aromatic N) is 2. The molecule has 5 nitrogen and oxygen atoms in total. The summed E-state index contributed by atoms with van der Waals surface area (Å²) in [7, 11) is 0. The summed E-state index contributed by atoms with van der Waals surface area (Å²) in [6.07, 6.45) is -3.87. The Morgan fingerprint density at radius 2 is 1.69 bits per heavy atom. The van der Waals surface area contributed by atoms with E-state index >= 15 is 0 Å². The van der Waals surface area contributed by atoms with E-state index < -0.39 is 17.6 Å². The molecule has 3 rings (SSSR count). The van der Waals surface area contributed by atoms with Gasteiger partial charge in [-0.15, -0.1) is 0 Å². The molecule has 1 aromatic heterocycles. The van der Waals surface area contributed by atoms with Crippen LogP contribution in [0.25, 0.3) is 0 Å². The molecular weight excluding hydrogens is 405 g/mol. The van der Waals surface area contributed by atoms with Crippen molar-refractivity contribution in [1.29, 1.82) is 0 Å². The van der Waals surface area contributed by atoms with Crippen LogP contribution < -0.4 is 15.4 Å². The Kier molecular flexibility index (Phi) is 6.12. The van der Waals surface area contributed by atoms with E-state index in [1.807, 2.05) is 13.8 Å². The summed E-state index contributed by atoms with van der Waals surface area (Å²) < 4.78 is 45.7. The topological polar surface area (TPSA) is 59.1 Å². The van der Waals surface area contributed by atoms with Crippen molar-refractivity contribution >= 4 is 34.7 Å². The molecular formula is C20H18ClF3N4O. The summed E-state index contributed by atoms with van der Waals surface area (Å²) in [5.74, 6) is 0.285. The maximum absolute atomic E-state index is 13.4. The van der Waals surface area contributed by atoms with Gasteiger partial charge in [0, 0.05) is 11.9 Å². The molecule has 1 heterocycles. The lowest BCUT2D eigenvalue weighted by Crippen LogP contribution is -2.12. The van der Waals surface area contributed by atoms with Gasteiger partial charge in [0.05, 0.1) is 16.8 Å². The van der Waals surface area contributed by atoms with Gasteiger partial charge in [0.2, 0.25) is 5.95 Å². The zero-order chi connectivity index (χ0) is 21.0. The fourth-order valence-electron chi connectivity index (χ4n) is 2.45. The number of anilines is 4. The van der Waals surface area contributed by atoms with Crippen molar-refractivity contribution in [2.75, 3.05) is 10.6 Å². The first-order chi connectivity index (χ1) is 13.7. The molecule has 29 heavy (non-hydrogen) atoms. The highest BCUT2D eigenvalue weighted by molar-refractivity contribution is 6.33. The Morgan fingerprint density at radius 3 is 2.31 bits per heavy atom. The van der Waals surface area contributed by atoms with E-state index in [9.17, 15) is 13.2 Å². The van der Waals surface area contributed by atoms with Crippen LogP contribution in [0.2, 0.25) is 5.02 Å². The average Bonchev–Trinajstić information content (AvgIpc) is 2.64. The number of aromatic nitrogens is 2. The molecule has 0 unspecified atom stereocenters. The van der Waals surface area contributed by atoms with Crippen molar-refractivity contribution in [2.45, 2.75) is 26.1 Å². The Bertz CT molecular complexity index is 978. The average molecular weight is 423 g/mol. The Hall–Kier alpha value is -3.00. The number of benzene rings is 2. The highest BCUT2D eigenvalue weighted by Crippen LogP contribution is 2.36. The minimum Gasteiger partial charge on any atom is -0.491 e. The van der Waals surface area contributed by atoms with E-state index in [2.05, 4.69) is 20.6 Å². The van der Waals surface area contributed by atoms with Crippen LogP contribution in [-0.4, -0.2) is 16.1 Å². The molecule has 0 amide bonds. The first kappa shape index (κ1) is 20.7. The molecule has 0 fully saturated rings. The third kappa shape index (κ3) is 5.51. The number of para-hydroxylation sites is 1. The zero-order valence-electron chi connectivity index (χ0n) is 15.6. The van der Waals surface area contributed by atoms with Crippen molar-refractivity contribution in [3.63, 3.8) is 0 Å². The number of rotatable bonds is 6. The van der Waals surface area contributed by atoms with Gasteiger partial charge >= 0.3 is 6.18 Å². The normalized spacial score (nSPS) is 11.4. The minimum atomic E-state index is -4.63. The molecule has 0 bridgehead atoms. The van der Waals surface area contributed by atoms with Gasteiger partial charge in [0.25, 0.3) is 0 Å². The van der Waals surface area contributed by atoms with Crippen LogP contribution in [0.15, 0.2) is 54.7 Å². The smallest absolute Gasteiger partial charge is 0.421 e. The van der Waals surface area contributed by atoms with E-state index in [0.717, 1.165) is 6.20 Å². The van der Waals surface area contributed by atoms with Crippen LogP contribution in [0, 0.1) is 0 Å². The summed E-state index contributed by atoms with van der Waals surface area (Å²) >= 11 is 6.05. The molecule has 2 aromatic carbocycles. The van der Waals surface area contributed by atoms with Crippen LogP contribution in [0.1, 0.15) is 19.4 Å². The largest absolute Gasteiger partial charge is 0.491 e. The highest BCUT2D eigenvalue weighted by atomic mass is 35.5. The predicted molar refractivity (Wildman–Crippen MR) is 107 cm³/mol. The molecule has 0 aliphatic heterocycles. The maximum Gasteiger partial charge on any atom is 0.421 e. The van der Waals surface area contributed by atoms with Gasteiger partial charge in [-0.2, -0.15) is 18.2 Å². The third-order valence-corrected chi connectivity index (χ3v) is 4.03. The van der Waals surface area contributed by atoms with Gasteiger partial charge in [0.1, 0.15) is 17.1 Å². The second kappa shape index (κ2) is 8.57. The first-order valence-corrected chi connectivity index (χ1v) is 9.09. The van der Waals surface area contributed by atoms with Crippen molar-refractivity contribution < 1.29 is 17.9 Å². The van der Waals surface area contributed by atoms with Crippen molar-refractivity contribution in [3.8, 4) is 5.75 Å². The van der Waals surface area contributed by atoms with Gasteiger partial charge in [-0.25, -0.2) is 4.98 Å². The predicted octanol–water partition coefficient (Wildman–Crippen LogP) is 6.42. The summed E-state index contributed by atoms with van der Waals surface area (Å²) in [5, 5.41) is 5.80. The van der Waals surface area contributed by atoms with Gasteiger partial charge in [-0.1, -0.05) is 23.7 Å². The van der Waals surface area contributed by atoms with Gasteiger partial charge in [0.15, 0.2) is 0 Å². The molecule has 0 atom stereocenters. The number of hydrogen-bond acceptors (Lipinski definition) is 5. The first-order valence-electron chi connectivity index (χ1n) is 8.72. The Morgan fingerprint density at radius 1 is 1.00 bits per heavy atom. The molecule has 3 aromatic rings. The van der Waals surface area contributed by atoms with Crippen molar-refractivity contribution in [2.24, 2.45) is 0 Å². The molecule has 0 spiro atoms.